The van der Waals surface area contributed by atoms with Gasteiger partial charge in [-0.2, -0.15) is 8.78 Å². The standard InChI is InChI=1S/C16H22F2N2O4/c1-4-11(5-2)20-14(21)9-19-15(22)10-6-7-12(24-16(17)18)13(8-10)23-3/h6-8,11,16H,4-5,9H2,1-3H3,(H,19,22)(H,20,21). The molecule has 1 aromatic carbocycles. The molecule has 2 N–H and O–H groups in total. The van der Waals surface area contributed by atoms with Crippen LogP contribution in [-0.2, 0) is 4.79 Å². The second-order valence-corrected chi connectivity index (χ2v) is 5.01. The van der Waals surface area contributed by atoms with Crippen LogP contribution in [0.4, 0.5) is 8.78 Å². The number of nitrogens with one attached hydrogen (secondary N) is 2. The number of methoxy groups -OCH3 is 1. The fourth-order valence-electron chi connectivity index (χ4n) is 2.04. The topological polar surface area (TPSA) is 76.7 Å². The van der Waals surface area contributed by atoms with Gasteiger partial charge in [-0.25, -0.2) is 0 Å². The molecule has 1 aromatic rings. The minimum absolute atomic E-state index is 0.00410. The number of halogens is 2. The zero-order valence-electron chi connectivity index (χ0n) is 13.9. The first-order valence-electron chi connectivity index (χ1n) is 7.61. The van der Waals surface area contributed by atoms with Crippen molar-refractivity contribution in [1.29, 1.82) is 0 Å². The van der Waals surface area contributed by atoms with E-state index in [2.05, 4.69) is 15.4 Å². The number of benzene rings is 1. The van der Waals surface area contributed by atoms with Crippen LogP contribution in [0.25, 0.3) is 0 Å². The molecule has 0 aliphatic carbocycles. The molecule has 2 amide bonds. The molecule has 0 unspecified atom stereocenters. The van der Waals surface area contributed by atoms with Crippen LogP contribution in [0.15, 0.2) is 18.2 Å². The molecule has 134 valence electrons. The van der Waals surface area contributed by atoms with Gasteiger partial charge in [0.2, 0.25) is 5.91 Å². The molecule has 0 saturated carbocycles. The Bertz CT molecular complexity index is 563. The van der Waals surface area contributed by atoms with Gasteiger partial charge in [-0.05, 0) is 31.0 Å². The highest BCUT2D eigenvalue weighted by molar-refractivity contribution is 5.97. The Kier molecular flexibility index (Phi) is 7.94. The summed E-state index contributed by atoms with van der Waals surface area (Å²) in [5, 5.41) is 5.26. The molecule has 6 nitrogen and oxygen atoms in total. The Morgan fingerprint density at radius 1 is 1.17 bits per heavy atom. The molecule has 0 saturated heterocycles. The van der Waals surface area contributed by atoms with Gasteiger partial charge in [0.05, 0.1) is 13.7 Å². The smallest absolute Gasteiger partial charge is 0.387 e. The third-order valence-corrected chi connectivity index (χ3v) is 3.40. The van der Waals surface area contributed by atoms with Crippen molar-refractivity contribution < 1.29 is 27.8 Å². The van der Waals surface area contributed by atoms with Crippen LogP contribution in [0.2, 0.25) is 0 Å². The molecule has 0 spiro atoms. The number of rotatable bonds is 9. The predicted molar refractivity (Wildman–Crippen MR) is 84.5 cm³/mol. The lowest BCUT2D eigenvalue weighted by Crippen LogP contribution is -2.41. The van der Waals surface area contributed by atoms with Gasteiger partial charge >= 0.3 is 6.61 Å². The number of carbonyl (C=O) groups excluding carboxylic acids is 2. The van der Waals surface area contributed by atoms with E-state index in [0.29, 0.717) is 0 Å². The molecule has 8 heteroatoms. The summed E-state index contributed by atoms with van der Waals surface area (Å²) in [6.45, 7) is 0.754. The van der Waals surface area contributed by atoms with Gasteiger partial charge in [0.1, 0.15) is 0 Å². The number of hydrogen-bond acceptors (Lipinski definition) is 4. The quantitative estimate of drug-likeness (QED) is 0.721. The summed E-state index contributed by atoms with van der Waals surface area (Å²) in [6, 6.07) is 3.87. The lowest BCUT2D eigenvalue weighted by molar-refractivity contribution is -0.120. The van der Waals surface area contributed by atoms with Crippen LogP contribution in [0.1, 0.15) is 37.0 Å². The number of alkyl halides is 2. The molecule has 0 atom stereocenters. The summed E-state index contributed by atoms with van der Waals surface area (Å²) in [7, 11) is 1.28. The normalized spacial score (nSPS) is 10.6. The Hall–Kier alpha value is -2.38. The van der Waals surface area contributed by atoms with Crippen molar-refractivity contribution in [1.82, 2.24) is 10.6 Å². The predicted octanol–water partition coefficient (Wildman–Crippen LogP) is 2.33. The van der Waals surface area contributed by atoms with Gasteiger partial charge in [0.15, 0.2) is 11.5 Å². The molecule has 0 aliphatic rings. The van der Waals surface area contributed by atoms with Gasteiger partial charge in [-0.15, -0.1) is 0 Å². The summed E-state index contributed by atoms with van der Waals surface area (Å²) in [6.07, 6.45) is 1.61. The van der Waals surface area contributed by atoms with Crippen LogP contribution < -0.4 is 20.1 Å². The third-order valence-electron chi connectivity index (χ3n) is 3.40. The zero-order chi connectivity index (χ0) is 18.1. The first-order chi connectivity index (χ1) is 11.4. The second kappa shape index (κ2) is 9.69. The molecule has 0 aromatic heterocycles. The summed E-state index contributed by atoms with van der Waals surface area (Å²) < 4.78 is 33.7. The van der Waals surface area contributed by atoms with Crippen molar-refractivity contribution >= 4 is 11.8 Å². The molecular formula is C16H22F2N2O4. The van der Waals surface area contributed by atoms with Crippen molar-refractivity contribution in [3.8, 4) is 11.5 Å². The number of hydrogen-bond donors (Lipinski definition) is 2. The van der Waals surface area contributed by atoms with Gasteiger partial charge < -0.3 is 20.1 Å². The minimum Gasteiger partial charge on any atom is -0.493 e. The highest BCUT2D eigenvalue weighted by Crippen LogP contribution is 2.29. The zero-order valence-corrected chi connectivity index (χ0v) is 13.9. The second-order valence-electron chi connectivity index (χ2n) is 5.01. The Morgan fingerprint density at radius 3 is 2.38 bits per heavy atom. The number of ether oxygens (including phenoxy) is 2. The Balaban J connectivity index is 2.66. The van der Waals surface area contributed by atoms with E-state index in [4.69, 9.17) is 4.74 Å². The fraction of sp³-hybridized carbons (Fsp3) is 0.500. The maximum Gasteiger partial charge on any atom is 0.387 e. The Labute approximate surface area is 139 Å². The summed E-state index contributed by atoms with van der Waals surface area (Å²) in [4.78, 5) is 23.8. The molecule has 0 heterocycles. The van der Waals surface area contributed by atoms with Crippen LogP contribution in [0.3, 0.4) is 0 Å². The largest absolute Gasteiger partial charge is 0.493 e. The number of amides is 2. The van der Waals surface area contributed by atoms with E-state index in [1.165, 1.54) is 25.3 Å². The van der Waals surface area contributed by atoms with Crippen LogP contribution in [0.5, 0.6) is 11.5 Å². The van der Waals surface area contributed by atoms with Crippen molar-refractivity contribution in [2.75, 3.05) is 13.7 Å². The van der Waals surface area contributed by atoms with Crippen LogP contribution in [0, 0.1) is 0 Å². The number of carbonyl (C=O) groups is 2. The molecule has 0 radical (unpaired) electrons. The van der Waals surface area contributed by atoms with Crippen molar-refractivity contribution in [2.45, 2.75) is 39.3 Å². The lowest BCUT2D eigenvalue weighted by atomic mass is 10.1. The Morgan fingerprint density at radius 2 is 1.83 bits per heavy atom. The summed E-state index contributed by atoms with van der Waals surface area (Å²) in [5.74, 6) is -0.974. The molecule has 0 aliphatic heterocycles. The van der Waals surface area contributed by atoms with Gasteiger partial charge in [-0.3, -0.25) is 9.59 Å². The first-order valence-corrected chi connectivity index (χ1v) is 7.61. The molecule has 24 heavy (non-hydrogen) atoms. The minimum atomic E-state index is -2.99. The van der Waals surface area contributed by atoms with Gasteiger partial charge in [0, 0.05) is 11.6 Å². The average Bonchev–Trinajstić information content (AvgIpc) is 2.57. The van der Waals surface area contributed by atoms with E-state index < -0.39 is 12.5 Å². The molecule has 0 bridgehead atoms. The van der Waals surface area contributed by atoms with Gasteiger partial charge in [-0.1, -0.05) is 13.8 Å². The monoisotopic (exact) mass is 344 g/mol. The van der Waals surface area contributed by atoms with Crippen LogP contribution in [-0.4, -0.2) is 38.1 Å². The molecule has 0 fully saturated rings. The third kappa shape index (κ3) is 6.02. The summed E-state index contributed by atoms with van der Waals surface area (Å²) in [5.41, 5.74) is 0.170. The molecule has 1 rings (SSSR count). The SMILES string of the molecule is CCC(CC)NC(=O)CNC(=O)c1ccc(OC(F)F)c(OC)c1. The highest BCUT2D eigenvalue weighted by Gasteiger charge is 2.15. The average molecular weight is 344 g/mol. The maximum absolute atomic E-state index is 12.3. The van der Waals surface area contributed by atoms with Crippen molar-refractivity contribution in [3.05, 3.63) is 23.8 Å². The maximum atomic E-state index is 12.3. The van der Waals surface area contributed by atoms with Crippen molar-refractivity contribution in [2.24, 2.45) is 0 Å². The van der Waals surface area contributed by atoms with E-state index in [-0.39, 0.29) is 35.6 Å². The van der Waals surface area contributed by atoms with E-state index in [9.17, 15) is 18.4 Å². The lowest BCUT2D eigenvalue weighted by Gasteiger charge is -2.15. The summed E-state index contributed by atoms with van der Waals surface area (Å²) >= 11 is 0. The first kappa shape index (κ1) is 19.7. The van der Waals surface area contributed by atoms with E-state index >= 15 is 0 Å². The van der Waals surface area contributed by atoms with E-state index in [1.807, 2.05) is 13.8 Å². The van der Waals surface area contributed by atoms with Crippen LogP contribution >= 0.6 is 0 Å². The molecular weight excluding hydrogens is 322 g/mol. The van der Waals surface area contributed by atoms with Gasteiger partial charge in [0.25, 0.3) is 5.91 Å². The fourth-order valence-corrected chi connectivity index (χ4v) is 2.04. The van der Waals surface area contributed by atoms with E-state index in [0.717, 1.165) is 12.8 Å². The highest BCUT2D eigenvalue weighted by atomic mass is 19.3. The van der Waals surface area contributed by atoms with E-state index in [1.54, 1.807) is 0 Å². The van der Waals surface area contributed by atoms with Crippen molar-refractivity contribution in [3.63, 3.8) is 0 Å².